The van der Waals surface area contributed by atoms with E-state index in [4.69, 9.17) is 4.74 Å². The molecule has 0 aromatic rings. The molecule has 0 spiro atoms. The summed E-state index contributed by atoms with van der Waals surface area (Å²) in [6, 6.07) is 0. The van der Waals surface area contributed by atoms with Gasteiger partial charge in [0.15, 0.2) is 0 Å². The standard InChI is InChI=1S/C12H22N2O3/c1-13(2)10(15)8-12(6-5-7-17-12)9-11(16)14(3)4/h5-9H2,1-4H3. The number of hydrogen-bond donors (Lipinski definition) is 0. The molecule has 1 fully saturated rings. The molecule has 0 atom stereocenters. The van der Waals surface area contributed by atoms with Crippen LogP contribution >= 0.6 is 0 Å². The van der Waals surface area contributed by atoms with E-state index in [0.29, 0.717) is 19.4 Å². The summed E-state index contributed by atoms with van der Waals surface area (Å²) >= 11 is 0. The summed E-state index contributed by atoms with van der Waals surface area (Å²) in [5, 5.41) is 0. The number of carbonyl (C=O) groups is 2. The van der Waals surface area contributed by atoms with Gasteiger partial charge in [0.2, 0.25) is 11.8 Å². The van der Waals surface area contributed by atoms with Gasteiger partial charge in [0.1, 0.15) is 0 Å². The summed E-state index contributed by atoms with van der Waals surface area (Å²) < 4.78 is 5.69. The Bertz CT molecular complexity index is 270. The SMILES string of the molecule is CN(C)C(=O)CC1(CC(=O)N(C)C)CCCO1. The van der Waals surface area contributed by atoms with Crippen LogP contribution in [0.5, 0.6) is 0 Å². The largest absolute Gasteiger partial charge is 0.374 e. The van der Waals surface area contributed by atoms with Crippen molar-refractivity contribution in [2.75, 3.05) is 34.8 Å². The Morgan fingerprint density at radius 3 is 1.82 bits per heavy atom. The summed E-state index contributed by atoms with van der Waals surface area (Å²) in [4.78, 5) is 26.6. The second-order valence-electron chi connectivity index (χ2n) is 5.06. The smallest absolute Gasteiger partial charge is 0.224 e. The molecule has 17 heavy (non-hydrogen) atoms. The van der Waals surface area contributed by atoms with Crippen molar-refractivity contribution in [1.82, 2.24) is 9.80 Å². The Labute approximate surface area is 103 Å². The molecule has 1 aliphatic heterocycles. The van der Waals surface area contributed by atoms with Crippen molar-refractivity contribution in [3.63, 3.8) is 0 Å². The van der Waals surface area contributed by atoms with Crippen LogP contribution in [0.2, 0.25) is 0 Å². The molecule has 0 N–H and O–H groups in total. The Morgan fingerprint density at radius 1 is 1.06 bits per heavy atom. The van der Waals surface area contributed by atoms with Gasteiger partial charge >= 0.3 is 0 Å². The second-order valence-corrected chi connectivity index (χ2v) is 5.06. The molecule has 1 saturated heterocycles. The molecular formula is C12H22N2O3. The molecule has 5 heteroatoms. The summed E-state index contributed by atoms with van der Waals surface area (Å²) in [5.41, 5.74) is -0.581. The highest BCUT2D eigenvalue weighted by molar-refractivity contribution is 5.80. The van der Waals surface area contributed by atoms with Gasteiger partial charge in [0.25, 0.3) is 0 Å². The summed E-state index contributed by atoms with van der Waals surface area (Å²) in [5.74, 6) is 0.0249. The lowest BCUT2D eigenvalue weighted by atomic mass is 9.91. The molecule has 1 rings (SSSR count). The Kier molecular flexibility index (Phi) is 4.51. The Balaban J connectivity index is 2.69. The maximum atomic E-state index is 11.8. The van der Waals surface area contributed by atoms with E-state index in [2.05, 4.69) is 0 Å². The normalized spacial score (nSPS) is 17.9. The van der Waals surface area contributed by atoms with E-state index in [1.54, 1.807) is 38.0 Å². The van der Waals surface area contributed by atoms with Gasteiger partial charge in [-0.3, -0.25) is 9.59 Å². The van der Waals surface area contributed by atoms with Gasteiger partial charge in [-0.25, -0.2) is 0 Å². The highest BCUT2D eigenvalue weighted by Crippen LogP contribution is 2.33. The molecule has 1 heterocycles. The van der Waals surface area contributed by atoms with E-state index >= 15 is 0 Å². The topological polar surface area (TPSA) is 49.9 Å². The molecule has 0 aromatic heterocycles. The van der Waals surface area contributed by atoms with Gasteiger partial charge in [0.05, 0.1) is 18.4 Å². The van der Waals surface area contributed by atoms with Crippen molar-refractivity contribution < 1.29 is 14.3 Å². The second kappa shape index (κ2) is 5.49. The first kappa shape index (κ1) is 14.0. The number of carbonyl (C=O) groups excluding carboxylic acids is 2. The van der Waals surface area contributed by atoms with E-state index in [0.717, 1.165) is 12.8 Å². The molecule has 5 nitrogen and oxygen atoms in total. The van der Waals surface area contributed by atoms with Crippen LogP contribution in [0.3, 0.4) is 0 Å². The van der Waals surface area contributed by atoms with Crippen LogP contribution in [-0.2, 0) is 14.3 Å². The quantitative estimate of drug-likeness (QED) is 0.721. The fraction of sp³-hybridized carbons (Fsp3) is 0.833. The van der Waals surface area contributed by atoms with Gasteiger partial charge in [-0.15, -0.1) is 0 Å². The van der Waals surface area contributed by atoms with Crippen molar-refractivity contribution in [3.8, 4) is 0 Å². The number of hydrogen-bond acceptors (Lipinski definition) is 3. The fourth-order valence-electron chi connectivity index (χ4n) is 1.96. The van der Waals surface area contributed by atoms with Crippen LogP contribution in [0.25, 0.3) is 0 Å². The predicted octanol–water partition coefficient (Wildman–Crippen LogP) is 0.492. The van der Waals surface area contributed by atoms with Crippen LogP contribution < -0.4 is 0 Å². The van der Waals surface area contributed by atoms with E-state index in [1.165, 1.54) is 0 Å². The van der Waals surface area contributed by atoms with E-state index in [1.807, 2.05) is 0 Å². The first-order valence-electron chi connectivity index (χ1n) is 5.90. The minimum absolute atomic E-state index is 0.0125. The Morgan fingerprint density at radius 2 is 1.53 bits per heavy atom. The van der Waals surface area contributed by atoms with Crippen molar-refractivity contribution in [2.45, 2.75) is 31.3 Å². The van der Waals surface area contributed by atoms with Crippen LogP contribution in [0.1, 0.15) is 25.7 Å². The van der Waals surface area contributed by atoms with E-state index in [-0.39, 0.29) is 11.8 Å². The third-order valence-electron chi connectivity index (χ3n) is 3.13. The van der Waals surface area contributed by atoms with Gasteiger partial charge in [0, 0.05) is 34.8 Å². The third-order valence-corrected chi connectivity index (χ3v) is 3.13. The van der Waals surface area contributed by atoms with Gasteiger partial charge in [-0.2, -0.15) is 0 Å². The molecule has 0 radical (unpaired) electrons. The van der Waals surface area contributed by atoms with Crippen molar-refractivity contribution >= 4 is 11.8 Å². The van der Waals surface area contributed by atoms with Crippen molar-refractivity contribution in [2.24, 2.45) is 0 Å². The number of rotatable bonds is 4. The average molecular weight is 242 g/mol. The molecule has 2 amide bonds. The zero-order valence-electron chi connectivity index (χ0n) is 11.2. The summed E-state index contributed by atoms with van der Waals surface area (Å²) in [6.45, 7) is 0.640. The number of amides is 2. The Hall–Kier alpha value is -1.10. The fourth-order valence-corrected chi connectivity index (χ4v) is 1.96. The lowest BCUT2D eigenvalue weighted by Gasteiger charge is -2.29. The van der Waals surface area contributed by atoms with Crippen LogP contribution in [-0.4, -0.2) is 62.0 Å². The summed E-state index contributed by atoms with van der Waals surface area (Å²) in [7, 11) is 6.88. The summed E-state index contributed by atoms with van der Waals surface area (Å²) in [6.07, 6.45) is 2.28. The molecule has 0 bridgehead atoms. The lowest BCUT2D eigenvalue weighted by Crippen LogP contribution is -2.40. The van der Waals surface area contributed by atoms with Crippen LogP contribution in [0.15, 0.2) is 0 Å². The zero-order valence-corrected chi connectivity index (χ0v) is 11.2. The highest BCUT2D eigenvalue weighted by atomic mass is 16.5. The molecule has 0 aromatic carbocycles. The minimum Gasteiger partial charge on any atom is -0.374 e. The number of nitrogens with zero attached hydrogens (tertiary/aromatic N) is 2. The lowest BCUT2D eigenvalue weighted by molar-refractivity contribution is -0.140. The van der Waals surface area contributed by atoms with Crippen LogP contribution in [0.4, 0.5) is 0 Å². The number of ether oxygens (including phenoxy) is 1. The molecular weight excluding hydrogens is 220 g/mol. The molecule has 0 unspecified atom stereocenters. The zero-order chi connectivity index (χ0) is 13.1. The first-order valence-corrected chi connectivity index (χ1v) is 5.90. The minimum atomic E-state index is -0.581. The van der Waals surface area contributed by atoms with Crippen molar-refractivity contribution in [3.05, 3.63) is 0 Å². The predicted molar refractivity (Wildman–Crippen MR) is 64.5 cm³/mol. The molecule has 1 aliphatic rings. The van der Waals surface area contributed by atoms with Crippen LogP contribution in [0, 0.1) is 0 Å². The van der Waals surface area contributed by atoms with E-state index < -0.39 is 5.60 Å². The van der Waals surface area contributed by atoms with E-state index in [9.17, 15) is 9.59 Å². The molecule has 98 valence electrons. The maximum Gasteiger partial charge on any atom is 0.224 e. The highest BCUT2D eigenvalue weighted by Gasteiger charge is 2.40. The molecule has 0 saturated carbocycles. The van der Waals surface area contributed by atoms with Gasteiger partial charge in [-0.1, -0.05) is 0 Å². The van der Waals surface area contributed by atoms with Gasteiger partial charge < -0.3 is 14.5 Å². The average Bonchev–Trinajstić information content (AvgIpc) is 2.66. The third kappa shape index (κ3) is 3.70. The van der Waals surface area contributed by atoms with Gasteiger partial charge in [-0.05, 0) is 12.8 Å². The van der Waals surface area contributed by atoms with Crippen molar-refractivity contribution in [1.29, 1.82) is 0 Å². The molecule has 0 aliphatic carbocycles. The monoisotopic (exact) mass is 242 g/mol. The first-order chi connectivity index (χ1) is 7.86. The maximum absolute atomic E-state index is 11.8.